The van der Waals surface area contributed by atoms with Crippen molar-refractivity contribution in [1.29, 1.82) is 0 Å². The van der Waals surface area contributed by atoms with Gasteiger partial charge in [0.25, 0.3) is 0 Å². The molecule has 4 rings (SSSR count). The van der Waals surface area contributed by atoms with Crippen molar-refractivity contribution in [3.8, 4) is 5.06 Å². The number of carbonyl (C=O) groups is 2. The number of sulfone groups is 1. The highest BCUT2D eigenvalue weighted by atomic mass is 32.2. The first kappa shape index (κ1) is 23.5. The number of likely N-dealkylation sites (tertiary alicyclic amines) is 1. The van der Waals surface area contributed by atoms with Gasteiger partial charge in [-0.2, -0.15) is 0 Å². The van der Waals surface area contributed by atoms with E-state index in [1.165, 1.54) is 18.4 Å². The largest absolute Gasteiger partial charge is 0.486 e. The van der Waals surface area contributed by atoms with Crippen molar-refractivity contribution in [2.75, 3.05) is 32.6 Å². The highest BCUT2D eigenvalue weighted by molar-refractivity contribution is 7.92. The van der Waals surface area contributed by atoms with Gasteiger partial charge in [0, 0.05) is 20.1 Å². The summed E-state index contributed by atoms with van der Waals surface area (Å²) >= 11 is 1.23. The second-order valence-corrected chi connectivity index (χ2v) is 11.7. The molecule has 2 atom stereocenters. The lowest BCUT2D eigenvalue weighted by Gasteiger charge is -2.21. The highest BCUT2D eigenvalue weighted by Crippen LogP contribution is 2.36. The van der Waals surface area contributed by atoms with Crippen LogP contribution in [0.15, 0.2) is 35.4 Å². The maximum absolute atomic E-state index is 13.3. The number of hydrogen-bond donors (Lipinski definition) is 2. The summed E-state index contributed by atoms with van der Waals surface area (Å²) < 4.78 is 30.2. The minimum absolute atomic E-state index is 0.122. The molecule has 178 valence electrons. The average Bonchev–Trinajstić information content (AvgIpc) is 3.43. The van der Waals surface area contributed by atoms with Gasteiger partial charge in [0.05, 0.1) is 29.4 Å². The number of rotatable bonds is 8. The Bertz CT molecular complexity index is 1110. The predicted molar refractivity (Wildman–Crippen MR) is 125 cm³/mol. The van der Waals surface area contributed by atoms with Crippen LogP contribution >= 0.6 is 11.3 Å². The van der Waals surface area contributed by atoms with Crippen molar-refractivity contribution < 1.29 is 22.7 Å². The van der Waals surface area contributed by atoms with E-state index >= 15 is 0 Å². The van der Waals surface area contributed by atoms with Crippen LogP contribution in [-0.4, -0.2) is 62.7 Å². The van der Waals surface area contributed by atoms with E-state index in [4.69, 9.17) is 4.74 Å². The van der Waals surface area contributed by atoms with Gasteiger partial charge >= 0.3 is 6.03 Å². The van der Waals surface area contributed by atoms with Crippen molar-refractivity contribution in [3.05, 3.63) is 36.0 Å². The van der Waals surface area contributed by atoms with Gasteiger partial charge < -0.3 is 20.3 Å². The number of nitrogens with zero attached hydrogens (tertiary/aromatic N) is 2. The maximum Gasteiger partial charge on any atom is 0.317 e. The normalized spacial score (nSPS) is 19.2. The molecule has 2 aliphatic rings. The Kier molecular flexibility index (Phi) is 6.89. The van der Waals surface area contributed by atoms with Crippen molar-refractivity contribution in [1.82, 2.24) is 15.2 Å². The molecule has 2 fully saturated rings. The van der Waals surface area contributed by atoms with E-state index in [1.807, 2.05) is 0 Å². The van der Waals surface area contributed by atoms with Crippen LogP contribution in [0.5, 0.6) is 5.06 Å². The summed E-state index contributed by atoms with van der Waals surface area (Å²) in [5.41, 5.74) is 0.740. The molecule has 0 radical (unpaired) electrons. The minimum Gasteiger partial charge on any atom is -0.486 e. The minimum atomic E-state index is -3.29. The first-order chi connectivity index (χ1) is 15.8. The lowest BCUT2D eigenvalue weighted by atomic mass is 9.87. The third kappa shape index (κ3) is 5.30. The Morgan fingerprint density at radius 2 is 1.97 bits per heavy atom. The number of aromatic nitrogens is 1. The van der Waals surface area contributed by atoms with Crippen LogP contribution in [0.1, 0.15) is 37.2 Å². The molecule has 0 spiro atoms. The zero-order chi connectivity index (χ0) is 23.6. The molecule has 1 aromatic heterocycles. The molecular weight excluding hydrogens is 464 g/mol. The van der Waals surface area contributed by atoms with Crippen LogP contribution in [-0.2, 0) is 14.6 Å². The van der Waals surface area contributed by atoms with Crippen molar-refractivity contribution in [3.63, 3.8) is 0 Å². The summed E-state index contributed by atoms with van der Waals surface area (Å²) in [5, 5.41) is 6.26. The van der Waals surface area contributed by atoms with Crippen LogP contribution in [0.3, 0.4) is 0 Å². The number of amides is 3. The number of methoxy groups -OCH3 is 1. The van der Waals surface area contributed by atoms with Crippen LogP contribution in [0.4, 0.5) is 9.93 Å². The Morgan fingerprint density at radius 3 is 2.58 bits per heavy atom. The van der Waals surface area contributed by atoms with Crippen LogP contribution < -0.4 is 15.4 Å². The molecule has 2 unspecified atom stereocenters. The molecule has 0 bridgehead atoms. The van der Waals surface area contributed by atoms with Crippen LogP contribution in [0.25, 0.3) is 0 Å². The zero-order valence-corrected chi connectivity index (χ0v) is 20.2. The molecule has 1 aromatic carbocycles. The summed E-state index contributed by atoms with van der Waals surface area (Å²) in [6, 6.07) is 6.53. The van der Waals surface area contributed by atoms with Crippen molar-refractivity contribution in [2.24, 2.45) is 5.92 Å². The molecule has 1 saturated carbocycles. The molecular formula is C22H28N4O5S2. The van der Waals surface area contributed by atoms with Gasteiger partial charge in [0.1, 0.15) is 0 Å². The second-order valence-electron chi connectivity index (χ2n) is 8.44. The van der Waals surface area contributed by atoms with E-state index in [9.17, 15) is 18.0 Å². The smallest absolute Gasteiger partial charge is 0.317 e. The Morgan fingerprint density at radius 1 is 1.24 bits per heavy atom. The van der Waals surface area contributed by atoms with E-state index in [2.05, 4.69) is 15.6 Å². The number of hydrogen-bond acceptors (Lipinski definition) is 7. The lowest BCUT2D eigenvalue weighted by molar-refractivity contribution is -0.118. The quantitative estimate of drug-likeness (QED) is 0.585. The summed E-state index contributed by atoms with van der Waals surface area (Å²) in [6.45, 7) is 1.21. The van der Waals surface area contributed by atoms with Crippen molar-refractivity contribution in [2.45, 2.75) is 41.7 Å². The fourth-order valence-electron chi connectivity index (χ4n) is 4.16. The first-order valence-electron chi connectivity index (χ1n) is 10.9. The van der Waals surface area contributed by atoms with E-state index in [0.29, 0.717) is 47.4 Å². The number of thiazole rings is 1. The van der Waals surface area contributed by atoms with Gasteiger partial charge in [-0.1, -0.05) is 23.5 Å². The number of ether oxygens (including phenoxy) is 1. The number of carbonyl (C=O) groups excluding carboxylic acids is 2. The molecule has 33 heavy (non-hydrogen) atoms. The highest BCUT2D eigenvalue weighted by Gasteiger charge is 2.37. The summed E-state index contributed by atoms with van der Waals surface area (Å²) in [7, 11) is -0.151. The number of nitrogens with one attached hydrogen (secondary N) is 2. The fourth-order valence-corrected chi connectivity index (χ4v) is 6.45. The van der Waals surface area contributed by atoms with Gasteiger partial charge in [0.15, 0.2) is 20.0 Å². The summed E-state index contributed by atoms with van der Waals surface area (Å²) in [4.78, 5) is 31.5. The van der Waals surface area contributed by atoms with Crippen LogP contribution in [0, 0.1) is 5.92 Å². The maximum atomic E-state index is 13.3. The average molecular weight is 493 g/mol. The second kappa shape index (κ2) is 9.68. The molecule has 2 aromatic rings. The molecule has 1 aliphatic carbocycles. The summed E-state index contributed by atoms with van der Waals surface area (Å²) in [5.74, 6) is -0.575. The van der Waals surface area contributed by atoms with Gasteiger partial charge in [-0.15, -0.1) is 0 Å². The molecule has 2 N–H and O–H groups in total. The molecule has 9 nitrogen and oxygen atoms in total. The SMILES string of the molecule is CNC(=O)N1CCC(CC(C(=O)Nc2ncc(OC)s2)c2ccc(S(=O)(=O)C3CC3)cc2)C1. The number of urea groups is 1. The molecule has 3 amide bonds. The van der Waals surface area contributed by atoms with Crippen molar-refractivity contribution >= 4 is 38.2 Å². The molecule has 1 saturated heterocycles. The van der Waals surface area contributed by atoms with E-state index in [1.54, 1.807) is 42.4 Å². The third-order valence-corrected chi connectivity index (χ3v) is 9.31. The fraction of sp³-hybridized carbons (Fsp3) is 0.500. The van der Waals surface area contributed by atoms with E-state index < -0.39 is 15.8 Å². The van der Waals surface area contributed by atoms with E-state index in [-0.39, 0.29) is 23.1 Å². The Balaban J connectivity index is 1.54. The van der Waals surface area contributed by atoms with Gasteiger partial charge in [-0.3, -0.25) is 4.79 Å². The first-order valence-corrected chi connectivity index (χ1v) is 13.3. The van der Waals surface area contributed by atoms with Gasteiger partial charge in [-0.25, -0.2) is 18.2 Å². The topological polar surface area (TPSA) is 118 Å². The number of anilines is 1. The monoisotopic (exact) mass is 492 g/mol. The van der Waals surface area contributed by atoms with E-state index in [0.717, 1.165) is 12.0 Å². The van der Waals surface area contributed by atoms with Gasteiger partial charge in [-0.05, 0) is 49.3 Å². The lowest BCUT2D eigenvalue weighted by Crippen LogP contribution is -2.36. The Labute approximate surface area is 197 Å². The van der Waals surface area contributed by atoms with Gasteiger partial charge in [0.2, 0.25) is 5.91 Å². The predicted octanol–water partition coefficient (Wildman–Crippen LogP) is 2.86. The Hall–Kier alpha value is -2.66. The molecule has 2 heterocycles. The third-order valence-electron chi connectivity index (χ3n) is 6.16. The standard InChI is InChI=1S/C22H28N4O5S2/c1-23-22(28)26-10-9-14(13-26)11-18(20(27)25-21-24-12-19(31-2)32-21)15-3-5-16(6-4-15)33(29,30)17-7-8-17/h3-6,12,14,17-18H,7-11,13H2,1-2H3,(H,23,28)(H,24,25,27). The summed E-state index contributed by atoms with van der Waals surface area (Å²) in [6.07, 6.45) is 4.30. The molecule has 11 heteroatoms. The zero-order valence-electron chi connectivity index (χ0n) is 18.6. The molecule has 1 aliphatic heterocycles. The number of benzene rings is 1. The van der Waals surface area contributed by atoms with Crippen LogP contribution in [0.2, 0.25) is 0 Å².